The van der Waals surface area contributed by atoms with Gasteiger partial charge in [0.05, 0.1) is 26.5 Å². The van der Waals surface area contributed by atoms with Crippen LogP contribution in [0.2, 0.25) is 0 Å². The van der Waals surface area contributed by atoms with E-state index in [0.29, 0.717) is 18.2 Å². The van der Waals surface area contributed by atoms with Crippen molar-refractivity contribution in [3.63, 3.8) is 0 Å². The highest BCUT2D eigenvalue weighted by Gasteiger charge is 2.24. The maximum Gasteiger partial charge on any atom is 0.251 e. The lowest BCUT2D eigenvalue weighted by atomic mass is 9.86. The van der Waals surface area contributed by atoms with E-state index in [2.05, 4.69) is 15.4 Å². The van der Waals surface area contributed by atoms with Crippen molar-refractivity contribution in [2.75, 3.05) is 20.8 Å². The molecule has 39 heavy (non-hydrogen) atoms. The Kier molecular flexibility index (Phi) is 7.90. The van der Waals surface area contributed by atoms with Crippen molar-refractivity contribution >= 4 is 16.8 Å². The molecule has 1 fully saturated rings. The highest BCUT2D eigenvalue weighted by molar-refractivity contribution is 5.94. The third kappa shape index (κ3) is 6.10. The van der Waals surface area contributed by atoms with Crippen LogP contribution in [-0.4, -0.2) is 41.4 Å². The molecule has 0 radical (unpaired) electrons. The molecular weight excluding hydrogens is 506 g/mol. The van der Waals surface area contributed by atoms with Crippen molar-refractivity contribution in [2.24, 2.45) is 5.92 Å². The molecule has 5 rings (SSSR count). The molecule has 1 saturated carbocycles. The standard InChI is InChI=1S/C29H30F2N4O4/c1-37-23-9-5-19(6-10-23)17-39-28-24(30)11-20(12-25(28)31)29(36)33-14-18-3-7-22(8-4-18)35-16-21-13-27(38-2)32-15-26(21)34-35/h5-6,9-13,15-16,18,22H,3-4,7-8,14,17H2,1-2H3,(H,33,36). The Morgan fingerprint density at radius 3 is 2.41 bits per heavy atom. The number of carbonyl (C=O) groups excluding carboxylic acids is 1. The number of benzene rings is 2. The fourth-order valence-corrected chi connectivity index (χ4v) is 4.88. The summed E-state index contributed by atoms with van der Waals surface area (Å²) >= 11 is 0. The van der Waals surface area contributed by atoms with Gasteiger partial charge >= 0.3 is 0 Å². The van der Waals surface area contributed by atoms with Crippen LogP contribution in [0.4, 0.5) is 8.78 Å². The van der Waals surface area contributed by atoms with Gasteiger partial charge in [0, 0.05) is 29.8 Å². The summed E-state index contributed by atoms with van der Waals surface area (Å²) in [6, 6.07) is 11.1. The third-order valence-electron chi connectivity index (χ3n) is 7.14. The van der Waals surface area contributed by atoms with Gasteiger partial charge in [-0.3, -0.25) is 9.48 Å². The number of hydrogen-bond donors (Lipinski definition) is 1. The molecule has 8 nitrogen and oxygen atoms in total. The van der Waals surface area contributed by atoms with Crippen molar-refractivity contribution < 1.29 is 27.8 Å². The molecular formula is C29H30F2N4O4. The third-order valence-corrected chi connectivity index (χ3v) is 7.14. The van der Waals surface area contributed by atoms with Gasteiger partial charge in [0.25, 0.3) is 5.91 Å². The van der Waals surface area contributed by atoms with E-state index in [-0.39, 0.29) is 24.1 Å². The summed E-state index contributed by atoms with van der Waals surface area (Å²) in [5, 5.41) is 8.46. The van der Waals surface area contributed by atoms with Gasteiger partial charge in [0.1, 0.15) is 17.9 Å². The molecule has 1 N–H and O–H groups in total. The highest BCUT2D eigenvalue weighted by atomic mass is 19.1. The molecule has 1 amide bonds. The Morgan fingerprint density at radius 1 is 1.03 bits per heavy atom. The number of ether oxygens (including phenoxy) is 3. The molecule has 0 spiro atoms. The minimum absolute atomic E-state index is 0.0221. The number of pyridine rings is 1. The second-order valence-electron chi connectivity index (χ2n) is 9.68. The Labute approximate surface area is 224 Å². The summed E-state index contributed by atoms with van der Waals surface area (Å²) < 4.78 is 46.9. The molecule has 0 aliphatic heterocycles. The molecule has 0 atom stereocenters. The number of methoxy groups -OCH3 is 2. The summed E-state index contributed by atoms with van der Waals surface area (Å²) in [6.07, 6.45) is 7.37. The average Bonchev–Trinajstić information content (AvgIpc) is 3.39. The van der Waals surface area contributed by atoms with Gasteiger partial charge in [0.2, 0.25) is 5.88 Å². The van der Waals surface area contributed by atoms with Crippen molar-refractivity contribution in [3.05, 3.63) is 77.6 Å². The number of fused-ring (bicyclic) bond motifs is 1. The maximum atomic E-state index is 14.6. The summed E-state index contributed by atoms with van der Waals surface area (Å²) in [5.41, 5.74) is 1.47. The first-order chi connectivity index (χ1) is 18.9. The van der Waals surface area contributed by atoms with E-state index < -0.39 is 23.3 Å². The highest BCUT2D eigenvalue weighted by Crippen LogP contribution is 2.33. The summed E-state index contributed by atoms with van der Waals surface area (Å²) in [4.78, 5) is 16.9. The smallest absolute Gasteiger partial charge is 0.251 e. The van der Waals surface area contributed by atoms with Gasteiger partial charge in [-0.2, -0.15) is 5.10 Å². The van der Waals surface area contributed by atoms with Crippen LogP contribution in [0.1, 0.15) is 47.6 Å². The van der Waals surface area contributed by atoms with Crippen LogP contribution in [0.3, 0.4) is 0 Å². The number of halogens is 2. The molecule has 0 unspecified atom stereocenters. The van der Waals surface area contributed by atoms with Crippen LogP contribution >= 0.6 is 0 Å². The summed E-state index contributed by atoms with van der Waals surface area (Å²) in [7, 11) is 3.14. The van der Waals surface area contributed by atoms with Gasteiger partial charge in [-0.05, 0) is 61.4 Å². The zero-order chi connectivity index (χ0) is 27.4. The Hall–Kier alpha value is -4.21. The number of hydrogen-bond acceptors (Lipinski definition) is 6. The largest absolute Gasteiger partial charge is 0.497 e. The SMILES string of the molecule is COc1ccc(COc2c(F)cc(C(=O)NCC3CCC(n4cc5cc(OC)ncc5n4)CC3)cc2F)cc1. The second-order valence-corrected chi connectivity index (χ2v) is 9.68. The second kappa shape index (κ2) is 11.7. The normalized spacial score (nSPS) is 17.1. The monoisotopic (exact) mass is 536 g/mol. The van der Waals surface area contributed by atoms with Gasteiger partial charge in [-0.25, -0.2) is 13.8 Å². The van der Waals surface area contributed by atoms with E-state index in [1.54, 1.807) is 44.7 Å². The molecule has 4 aromatic rings. The molecule has 1 aliphatic rings. The molecule has 2 aromatic heterocycles. The minimum atomic E-state index is -0.923. The number of nitrogens with zero attached hydrogens (tertiary/aromatic N) is 3. The van der Waals surface area contributed by atoms with Crippen LogP contribution < -0.4 is 19.5 Å². The lowest BCUT2D eigenvalue weighted by molar-refractivity contribution is 0.0940. The topological polar surface area (TPSA) is 87.5 Å². The van der Waals surface area contributed by atoms with Crippen molar-refractivity contribution in [1.82, 2.24) is 20.1 Å². The molecule has 0 saturated heterocycles. The number of nitrogens with one attached hydrogen (secondary N) is 1. The molecule has 2 heterocycles. The number of carbonyl (C=O) groups is 1. The van der Waals surface area contributed by atoms with E-state index >= 15 is 0 Å². The summed E-state index contributed by atoms with van der Waals surface area (Å²) in [6.45, 7) is 0.415. The molecule has 1 aliphatic carbocycles. The molecule has 10 heteroatoms. The predicted molar refractivity (Wildman–Crippen MR) is 141 cm³/mol. The quantitative estimate of drug-likeness (QED) is 0.305. The van der Waals surface area contributed by atoms with Gasteiger partial charge < -0.3 is 19.5 Å². The van der Waals surface area contributed by atoms with Crippen molar-refractivity contribution in [2.45, 2.75) is 38.3 Å². The predicted octanol–water partition coefficient (Wildman–Crippen LogP) is 5.47. The van der Waals surface area contributed by atoms with Crippen LogP contribution in [0.15, 0.2) is 54.9 Å². The summed E-state index contributed by atoms with van der Waals surface area (Å²) in [5.74, 6) is -1.37. The van der Waals surface area contributed by atoms with Crippen LogP contribution in [0.25, 0.3) is 10.9 Å². The van der Waals surface area contributed by atoms with Crippen LogP contribution in [0.5, 0.6) is 17.4 Å². The maximum absolute atomic E-state index is 14.6. The number of amides is 1. The minimum Gasteiger partial charge on any atom is -0.497 e. The average molecular weight is 537 g/mol. The van der Waals surface area contributed by atoms with Crippen molar-refractivity contribution in [1.29, 1.82) is 0 Å². The van der Waals surface area contributed by atoms with Gasteiger partial charge in [-0.15, -0.1) is 0 Å². The van der Waals surface area contributed by atoms with Crippen molar-refractivity contribution in [3.8, 4) is 17.4 Å². The lowest BCUT2D eigenvalue weighted by Gasteiger charge is -2.28. The Morgan fingerprint density at radius 2 is 1.74 bits per heavy atom. The first-order valence-electron chi connectivity index (χ1n) is 12.9. The van der Waals surface area contributed by atoms with E-state index in [9.17, 15) is 13.6 Å². The van der Waals surface area contributed by atoms with E-state index in [1.165, 1.54) is 0 Å². The van der Waals surface area contributed by atoms with Gasteiger partial charge in [-0.1, -0.05) is 12.1 Å². The first kappa shape index (κ1) is 26.4. The van der Waals surface area contributed by atoms with E-state index in [0.717, 1.165) is 54.3 Å². The van der Waals surface area contributed by atoms with Crippen LogP contribution in [0, 0.1) is 17.6 Å². The zero-order valence-corrected chi connectivity index (χ0v) is 21.8. The fraction of sp³-hybridized carbons (Fsp3) is 0.345. The molecule has 0 bridgehead atoms. The van der Waals surface area contributed by atoms with Gasteiger partial charge in [0.15, 0.2) is 17.4 Å². The Bertz CT molecular complexity index is 1430. The number of aromatic nitrogens is 3. The number of rotatable bonds is 9. The van der Waals surface area contributed by atoms with E-state index in [4.69, 9.17) is 14.2 Å². The van der Waals surface area contributed by atoms with E-state index in [1.807, 2.05) is 16.9 Å². The first-order valence-corrected chi connectivity index (χ1v) is 12.9. The Balaban J connectivity index is 1.12. The molecule has 204 valence electrons. The zero-order valence-electron chi connectivity index (χ0n) is 21.8. The fourth-order valence-electron chi connectivity index (χ4n) is 4.88. The lowest BCUT2D eigenvalue weighted by Crippen LogP contribution is -2.32. The molecule has 2 aromatic carbocycles. The van der Waals surface area contributed by atoms with Crippen LogP contribution in [-0.2, 0) is 6.61 Å².